The zero-order chi connectivity index (χ0) is 15.7. The van der Waals surface area contributed by atoms with Gasteiger partial charge in [0, 0.05) is 10.9 Å². The smallest absolute Gasteiger partial charge is 0.179 e. The van der Waals surface area contributed by atoms with Gasteiger partial charge in [-0.2, -0.15) is 0 Å². The molecule has 1 N–H and O–H groups in total. The van der Waals surface area contributed by atoms with Gasteiger partial charge in [0.2, 0.25) is 0 Å². The summed E-state index contributed by atoms with van der Waals surface area (Å²) in [6.07, 6.45) is 1.99. The number of aryl methyl sites for hydroxylation is 1. The molecule has 2 saturated heterocycles. The minimum absolute atomic E-state index is 0.266. The molecule has 1 spiro atoms. The van der Waals surface area contributed by atoms with Crippen LogP contribution in [0.25, 0.3) is 10.6 Å². The zero-order valence-electron chi connectivity index (χ0n) is 13.5. The Hall–Kier alpha value is -1.27. The second-order valence-electron chi connectivity index (χ2n) is 6.55. The summed E-state index contributed by atoms with van der Waals surface area (Å²) in [5, 5.41) is 3.33. The van der Waals surface area contributed by atoms with Crippen LogP contribution in [0, 0.1) is 6.92 Å². The van der Waals surface area contributed by atoms with Gasteiger partial charge in [0.1, 0.15) is 17.2 Å². The van der Waals surface area contributed by atoms with E-state index < -0.39 is 0 Å². The van der Waals surface area contributed by atoms with Crippen molar-refractivity contribution in [2.75, 3.05) is 26.3 Å². The third-order valence-corrected chi connectivity index (χ3v) is 5.72. The van der Waals surface area contributed by atoms with Crippen LogP contribution in [0.3, 0.4) is 0 Å². The number of benzene rings is 1. The average Bonchev–Trinajstić information content (AvgIpc) is 3.20. The molecule has 0 saturated carbocycles. The highest BCUT2D eigenvalue weighted by Gasteiger charge is 2.41. The zero-order valence-corrected chi connectivity index (χ0v) is 14.3. The third-order valence-electron chi connectivity index (χ3n) is 4.78. The Kier molecular flexibility index (Phi) is 4.20. The molecule has 122 valence electrons. The maximum Gasteiger partial charge on any atom is 0.179 e. The fourth-order valence-corrected chi connectivity index (χ4v) is 4.32. The minimum Gasteiger partial charge on any atom is -0.347 e. The van der Waals surface area contributed by atoms with Crippen LogP contribution in [0.1, 0.15) is 24.1 Å². The van der Waals surface area contributed by atoms with Gasteiger partial charge in [-0.25, -0.2) is 4.98 Å². The van der Waals surface area contributed by atoms with E-state index in [0.29, 0.717) is 0 Å². The fraction of sp³-hybridized carbons (Fsp3) is 0.500. The van der Waals surface area contributed by atoms with Crippen molar-refractivity contribution in [3.8, 4) is 10.6 Å². The highest BCUT2D eigenvalue weighted by Crippen LogP contribution is 2.28. The summed E-state index contributed by atoms with van der Waals surface area (Å²) in [5.74, 6) is -0.266. The summed E-state index contributed by atoms with van der Waals surface area (Å²) in [6, 6.07) is 8.57. The molecule has 1 aromatic heterocycles. The first-order valence-corrected chi connectivity index (χ1v) is 9.23. The van der Waals surface area contributed by atoms with E-state index in [9.17, 15) is 0 Å². The quantitative estimate of drug-likeness (QED) is 0.935. The lowest BCUT2D eigenvalue weighted by molar-refractivity contribution is -0.922. The van der Waals surface area contributed by atoms with Crippen molar-refractivity contribution in [3.63, 3.8) is 0 Å². The summed E-state index contributed by atoms with van der Waals surface area (Å²) in [4.78, 5) is 6.42. The molecule has 4 nitrogen and oxygen atoms in total. The molecular formula is C18H23N2O2S+. The summed E-state index contributed by atoms with van der Waals surface area (Å²) in [7, 11) is 0. The first-order chi connectivity index (χ1) is 11.2. The number of likely N-dealkylation sites (tertiary alicyclic amines) is 1. The molecule has 0 aliphatic carbocycles. The maximum atomic E-state index is 5.80. The van der Waals surface area contributed by atoms with Crippen LogP contribution < -0.4 is 4.90 Å². The molecule has 0 bridgehead atoms. The minimum atomic E-state index is -0.266. The molecule has 5 heteroatoms. The van der Waals surface area contributed by atoms with Gasteiger partial charge in [-0.3, -0.25) is 0 Å². The Morgan fingerprint density at radius 1 is 1.22 bits per heavy atom. The Morgan fingerprint density at radius 3 is 2.74 bits per heavy atom. The van der Waals surface area contributed by atoms with Crippen LogP contribution in [-0.4, -0.2) is 37.1 Å². The number of rotatable bonds is 3. The van der Waals surface area contributed by atoms with Gasteiger partial charge in [-0.05, 0) is 13.0 Å². The molecule has 4 rings (SSSR count). The number of thiazole rings is 1. The normalized spacial score (nSPS) is 21.1. The number of aromatic nitrogens is 1. The van der Waals surface area contributed by atoms with Gasteiger partial charge >= 0.3 is 0 Å². The van der Waals surface area contributed by atoms with Crippen LogP contribution in [0.5, 0.6) is 0 Å². The number of hydrogen-bond donors (Lipinski definition) is 1. The van der Waals surface area contributed by atoms with E-state index in [-0.39, 0.29) is 5.79 Å². The van der Waals surface area contributed by atoms with E-state index in [0.717, 1.165) is 50.7 Å². The van der Waals surface area contributed by atoms with E-state index >= 15 is 0 Å². The van der Waals surface area contributed by atoms with Crippen molar-refractivity contribution in [3.05, 3.63) is 40.9 Å². The second kappa shape index (κ2) is 6.32. The van der Waals surface area contributed by atoms with E-state index in [1.807, 2.05) is 0 Å². The lowest BCUT2D eigenvalue weighted by atomic mass is 10.0. The van der Waals surface area contributed by atoms with Crippen LogP contribution >= 0.6 is 11.3 Å². The predicted octanol–water partition coefficient (Wildman–Crippen LogP) is 2.04. The SMILES string of the molecule is Cc1cccc(-c2nc(C[NH+]3CCC4(CC3)OCCO4)cs2)c1. The lowest BCUT2D eigenvalue weighted by Crippen LogP contribution is -3.12. The monoisotopic (exact) mass is 331 g/mol. The van der Waals surface area contributed by atoms with Crippen LogP contribution in [-0.2, 0) is 16.0 Å². The number of quaternary nitrogens is 1. The van der Waals surface area contributed by atoms with Gasteiger partial charge < -0.3 is 14.4 Å². The number of nitrogens with zero attached hydrogens (tertiary/aromatic N) is 1. The average molecular weight is 331 g/mol. The van der Waals surface area contributed by atoms with E-state index in [1.54, 1.807) is 16.2 Å². The molecule has 0 amide bonds. The molecule has 2 aromatic rings. The summed E-state index contributed by atoms with van der Waals surface area (Å²) in [6.45, 7) is 6.81. The topological polar surface area (TPSA) is 35.8 Å². The number of piperidine rings is 1. The molecule has 23 heavy (non-hydrogen) atoms. The molecule has 2 aliphatic heterocycles. The maximum absolute atomic E-state index is 5.80. The standard InChI is InChI=1S/C18H22N2O2S/c1-14-3-2-4-15(11-14)17-19-16(13-23-17)12-20-7-5-18(6-8-20)21-9-10-22-18/h2-4,11,13H,5-10,12H2,1H3/p+1. The Bertz CT molecular complexity index is 669. The van der Waals surface area contributed by atoms with Gasteiger partial charge in [0.05, 0.1) is 39.1 Å². The largest absolute Gasteiger partial charge is 0.347 e. The van der Waals surface area contributed by atoms with Crippen molar-refractivity contribution in [1.29, 1.82) is 0 Å². The predicted molar refractivity (Wildman–Crippen MR) is 90.6 cm³/mol. The van der Waals surface area contributed by atoms with E-state index in [4.69, 9.17) is 14.5 Å². The summed E-state index contributed by atoms with van der Waals surface area (Å²) < 4.78 is 11.6. The van der Waals surface area contributed by atoms with Crippen LogP contribution in [0.2, 0.25) is 0 Å². The summed E-state index contributed by atoms with van der Waals surface area (Å²) in [5.41, 5.74) is 3.70. The number of nitrogens with one attached hydrogen (secondary N) is 1. The van der Waals surface area contributed by atoms with E-state index in [1.165, 1.54) is 16.8 Å². The van der Waals surface area contributed by atoms with Gasteiger partial charge in [-0.1, -0.05) is 23.8 Å². The molecule has 3 heterocycles. The highest BCUT2D eigenvalue weighted by atomic mass is 32.1. The van der Waals surface area contributed by atoms with Crippen LogP contribution in [0.4, 0.5) is 0 Å². The fourth-order valence-electron chi connectivity index (χ4n) is 3.50. The molecular weight excluding hydrogens is 308 g/mol. The number of hydrogen-bond acceptors (Lipinski definition) is 4. The first kappa shape index (κ1) is 15.3. The summed E-state index contributed by atoms with van der Waals surface area (Å²) >= 11 is 1.74. The first-order valence-electron chi connectivity index (χ1n) is 8.35. The van der Waals surface area contributed by atoms with Gasteiger partial charge in [-0.15, -0.1) is 11.3 Å². The second-order valence-corrected chi connectivity index (χ2v) is 7.41. The van der Waals surface area contributed by atoms with E-state index in [2.05, 4.69) is 36.6 Å². The van der Waals surface area contributed by atoms with Crippen LogP contribution in [0.15, 0.2) is 29.6 Å². The van der Waals surface area contributed by atoms with Gasteiger partial charge in [0.15, 0.2) is 5.79 Å². The van der Waals surface area contributed by atoms with Crippen molar-refractivity contribution in [2.45, 2.75) is 32.1 Å². The van der Waals surface area contributed by atoms with Crippen molar-refractivity contribution in [1.82, 2.24) is 4.98 Å². The number of ether oxygens (including phenoxy) is 2. The highest BCUT2D eigenvalue weighted by molar-refractivity contribution is 7.13. The van der Waals surface area contributed by atoms with Crippen molar-refractivity contribution in [2.24, 2.45) is 0 Å². The molecule has 0 radical (unpaired) electrons. The molecule has 0 unspecified atom stereocenters. The van der Waals surface area contributed by atoms with Gasteiger partial charge in [0.25, 0.3) is 0 Å². The lowest BCUT2D eigenvalue weighted by Gasteiger charge is -2.34. The molecule has 1 aromatic carbocycles. The van der Waals surface area contributed by atoms with Crippen molar-refractivity contribution < 1.29 is 14.4 Å². The third kappa shape index (κ3) is 3.33. The molecule has 2 aliphatic rings. The Balaban J connectivity index is 1.39. The Labute approximate surface area is 141 Å². The van der Waals surface area contributed by atoms with Crippen molar-refractivity contribution >= 4 is 11.3 Å². The Morgan fingerprint density at radius 2 is 2.00 bits per heavy atom. The molecule has 2 fully saturated rings. The molecule has 0 atom stereocenters.